The molecule has 0 heterocycles. The van der Waals surface area contributed by atoms with E-state index in [-0.39, 0.29) is 0 Å². The van der Waals surface area contributed by atoms with Gasteiger partial charge in [0.15, 0.2) is 5.69 Å². The molecule has 1 rings (SSSR count). The summed E-state index contributed by atoms with van der Waals surface area (Å²) in [5.41, 5.74) is 2.63. The number of nitrogens with zero attached hydrogens (tertiary/aromatic N) is 2. The normalized spacial score (nSPS) is 11.5. The van der Waals surface area contributed by atoms with Gasteiger partial charge >= 0.3 is 0 Å². The van der Waals surface area contributed by atoms with Crippen LogP contribution in [-0.4, -0.2) is 35.2 Å². The number of quaternary nitrogens is 1. The van der Waals surface area contributed by atoms with Gasteiger partial charge in [0.25, 0.3) is 0 Å². The van der Waals surface area contributed by atoms with Crippen LogP contribution in [0.4, 0.5) is 11.4 Å². The van der Waals surface area contributed by atoms with Gasteiger partial charge in [0, 0.05) is 20.2 Å². The Morgan fingerprint density at radius 2 is 1.54 bits per heavy atom. The summed E-state index contributed by atoms with van der Waals surface area (Å²) in [5, 5.41) is 0. The lowest BCUT2D eigenvalue weighted by Crippen LogP contribution is -2.36. The van der Waals surface area contributed by atoms with E-state index in [9.17, 15) is 0 Å². The molecule has 13 heavy (non-hydrogen) atoms. The molecular weight excluding hydrogens is 160 g/mol. The summed E-state index contributed by atoms with van der Waals surface area (Å²) in [6.07, 6.45) is 0. The van der Waals surface area contributed by atoms with Crippen LogP contribution in [0.5, 0.6) is 0 Å². The first-order valence-corrected chi connectivity index (χ1v) is 4.51. The topological polar surface area (TPSA) is 3.24 Å². The molecule has 0 aliphatic carbocycles. The molecule has 1 aromatic carbocycles. The van der Waals surface area contributed by atoms with Crippen molar-refractivity contribution >= 4 is 11.4 Å². The fourth-order valence-electron chi connectivity index (χ4n) is 1.41. The van der Waals surface area contributed by atoms with Crippen molar-refractivity contribution < 1.29 is 0 Å². The third-order valence-electron chi connectivity index (χ3n) is 2.09. The van der Waals surface area contributed by atoms with Crippen LogP contribution in [0.3, 0.4) is 0 Å². The SMILES string of the molecule is CN(C)c1ccccc1[N+](C)(C)C. The average molecular weight is 179 g/mol. The number of rotatable bonds is 2. The monoisotopic (exact) mass is 179 g/mol. The van der Waals surface area contributed by atoms with Crippen LogP contribution in [0.2, 0.25) is 0 Å². The first kappa shape index (κ1) is 10.1. The van der Waals surface area contributed by atoms with Gasteiger partial charge in [0.05, 0.1) is 26.8 Å². The Morgan fingerprint density at radius 3 is 1.92 bits per heavy atom. The van der Waals surface area contributed by atoms with Crippen LogP contribution in [-0.2, 0) is 0 Å². The van der Waals surface area contributed by atoms with Gasteiger partial charge in [-0.15, -0.1) is 0 Å². The quantitative estimate of drug-likeness (QED) is 0.627. The highest BCUT2D eigenvalue weighted by molar-refractivity contribution is 5.67. The molecule has 0 amide bonds. The molecule has 1 aromatic rings. The van der Waals surface area contributed by atoms with Crippen LogP contribution in [0, 0.1) is 0 Å². The summed E-state index contributed by atoms with van der Waals surface area (Å²) < 4.78 is 0.856. The van der Waals surface area contributed by atoms with Gasteiger partial charge in [-0.25, -0.2) is 0 Å². The number of benzene rings is 1. The van der Waals surface area contributed by atoms with E-state index in [1.54, 1.807) is 0 Å². The van der Waals surface area contributed by atoms with Crippen molar-refractivity contribution in [3.05, 3.63) is 24.3 Å². The molecule has 0 radical (unpaired) electrons. The third kappa shape index (κ3) is 2.22. The van der Waals surface area contributed by atoms with Crippen molar-refractivity contribution in [1.82, 2.24) is 4.48 Å². The second-order valence-electron chi connectivity index (χ2n) is 4.40. The molecule has 0 spiro atoms. The van der Waals surface area contributed by atoms with Gasteiger partial charge in [0.1, 0.15) is 0 Å². The van der Waals surface area contributed by atoms with E-state index < -0.39 is 0 Å². The predicted octanol–water partition coefficient (Wildman–Crippen LogP) is 1.95. The van der Waals surface area contributed by atoms with E-state index in [4.69, 9.17) is 0 Å². The average Bonchev–Trinajstić information content (AvgIpc) is 2.03. The second-order valence-corrected chi connectivity index (χ2v) is 4.40. The molecule has 0 aliphatic heterocycles. The fourth-order valence-corrected chi connectivity index (χ4v) is 1.41. The number of anilines is 1. The van der Waals surface area contributed by atoms with Gasteiger partial charge in [-0.1, -0.05) is 12.1 Å². The van der Waals surface area contributed by atoms with Crippen LogP contribution < -0.4 is 9.38 Å². The number of hydrogen-bond donors (Lipinski definition) is 0. The molecule has 0 aromatic heterocycles. The van der Waals surface area contributed by atoms with Gasteiger partial charge in [-0.05, 0) is 6.07 Å². The van der Waals surface area contributed by atoms with Crippen LogP contribution in [0.1, 0.15) is 0 Å². The summed E-state index contributed by atoms with van der Waals surface area (Å²) in [5.74, 6) is 0. The van der Waals surface area contributed by atoms with Crippen LogP contribution >= 0.6 is 0 Å². The lowest BCUT2D eigenvalue weighted by Gasteiger charge is -2.28. The van der Waals surface area contributed by atoms with E-state index >= 15 is 0 Å². The highest BCUT2D eigenvalue weighted by atomic mass is 15.3. The number of para-hydroxylation sites is 2. The second kappa shape index (κ2) is 3.38. The predicted molar refractivity (Wildman–Crippen MR) is 60.3 cm³/mol. The molecule has 72 valence electrons. The maximum Gasteiger partial charge on any atom is 0.155 e. The molecule has 2 heteroatoms. The van der Waals surface area contributed by atoms with E-state index in [1.165, 1.54) is 11.4 Å². The molecular formula is C11H19N2+. The smallest absolute Gasteiger partial charge is 0.155 e. The molecule has 0 unspecified atom stereocenters. The lowest BCUT2D eigenvalue weighted by molar-refractivity contribution is 0.486. The molecule has 0 fully saturated rings. The number of hydrogen-bond acceptors (Lipinski definition) is 1. The fraction of sp³-hybridized carbons (Fsp3) is 0.455. The lowest BCUT2D eigenvalue weighted by atomic mass is 10.2. The van der Waals surface area contributed by atoms with Crippen molar-refractivity contribution in [2.24, 2.45) is 0 Å². The zero-order valence-corrected chi connectivity index (χ0v) is 9.20. The molecule has 0 bridgehead atoms. The zero-order chi connectivity index (χ0) is 10.1. The Bertz CT molecular complexity index is 284. The molecule has 0 saturated carbocycles. The molecule has 0 aliphatic rings. The largest absolute Gasteiger partial charge is 0.373 e. The first-order valence-electron chi connectivity index (χ1n) is 4.51. The summed E-state index contributed by atoms with van der Waals surface area (Å²) >= 11 is 0. The maximum absolute atomic E-state index is 2.18. The molecule has 0 atom stereocenters. The minimum atomic E-state index is 0.856. The maximum atomic E-state index is 2.18. The van der Waals surface area contributed by atoms with Crippen molar-refractivity contribution in [3.63, 3.8) is 0 Å². The van der Waals surface area contributed by atoms with Crippen molar-refractivity contribution in [2.45, 2.75) is 0 Å². The van der Waals surface area contributed by atoms with Crippen molar-refractivity contribution in [3.8, 4) is 0 Å². The Labute approximate surface area is 81.0 Å². The molecule has 0 N–H and O–H groups in total. The third-order valence-corrected chi connectivity index (χ3v) is 2.09. The summed E-state index contributed by atoms with van der Waals surface area (Å²) in [4.78, 5) is 2.15. The van der Waals surface area contributed by atoms with Crippen molar-refractivity contribution in [1.29, 1.82) is 0 Å². The summed E-state index contributed by atoms with van der Waals surface area (Å²) in [6, 6.07) is 8.49. The highest BCUT2D eigenvalue weighted by Crippen LogP contribution is 2.28. The van der Waals surface area contributed by atoms with E-state index in [0.29, 0.717) is 0 Å². The summed E-state index contributed by atoms with van der Waals surface area (Å²) in [6.45, 7) is 0. The standard InChI is InChI=1S/C11H19N2/c1-12(2)10-8-6-7-9-11(10)13(3,4)5/h6-9H,1-5H3/q+1. The van der Waals surface area contributed by atoms with Crippen LogP contribution in [0.25, 0.3) is 0 Å². The minimum Gasteiger partial charge on any atom is -0.373 e. The van der Waals surface area contributed by atoms with Crippen molar-refractivity contribution in [2.75, 3.05) is 40.1 Å². The van der Waals surface area contributed by atoms with Crippen LogP contribution in [0.15, 0.2) is 24.3 Å². The van der Waals surface area contributed by atoms with E-state index in [2.05, 4.69) is 64.4 Å². The van der Waals surface area contributed by atoms with E-state index in [1.807, 2.05) is 0 Å². The molecule has 2 nitrogen and oxygen atoms in total. The van der Waals surface area contributed by atoms with Gasteiger partial charge in [0.2, 0.25) is 0 Å². The Morgan fingerprint density at radius 1 is 1.00 bits per heavy atom. The Balaban J connectivity index is 3.20. The first-order chi connectivity index (χ1) is 5.93. The van der Waals surface area contributed by atoms with Gasteiger partial charge in [-0.3, -0.25) is 4.48 Å². The Hall–Kier alpha value is -1.02. The molecule has 0 saturated heterocycles. The zero-order valence-electron chi connectivity index (χ0n) is 9.20. The van der Waals surface area contributed by atoms with E-state index in [0.717, 1.165) is 4.48 Å². The Kier molecular flexibility index (Phi) is 2.62. The van der Waals surface area contributed by atoms with Gasteiger partial charge < -0.3 is 4.90 Å². The van der Waals surface area contributed by atoms with Gasteiger partial charge in [-0.2, -0.15) is 0 Å². The minimum absolute atomic E-state index is 0.856. The highest BCUT2D eigenvalue weighted by Gasteiger charge is 2.17. The summed E-state index contributed by atoms with van der Waals surface area (Å²) in [7, 11) is 10.7.